The van der Waals surface area contributed by atoms with Gasteiger partial charge >= 0.3 is 0 Å². The summed E-state index contributed by atoms with van der Waals surface area (Å²) >= 11 is 0. The Morgan fingerprint density at radius 2 is 1.72 bits per heavy atom. The molecule has 0 saturated heterocycles. The smallest absolute Gasteiger partial charge is 0.244 e. The van der Waals surface area contributed by atoms with E-state index in [1.807, 2.05) is 68.4 Å². The largest absolute Gasteiger partial charge is 0.494 e. The van der Waals surface area contributed by atoms with Gasteiger partial charge in [-0.2, -0.15) is 4.31 Å². The molecule has 0 amide bonds. The van der Waals surface area contributed by atoms with Crippen LogP contribution in [0.4, 0.5) is 0 Å². The lowest BCUT2D eigenvalue weighted by atomic mass is 9.94. The number of fused-ring (bicyclic) bond motifs is 3. The van der Waals surface area contributed by atoms with Crippen LogP contribution < -0.4 is 4.74 Å². The summed E-state index contributed by atoms with van der Waals surface area (Å²) in [5, 5.41) is 1.16. The van der Waals surface area contributed by atoms with Gasteiger partial charge < -0.3 is 9.72 Å². The van der Waals surface area contributed by atoms with E-state index in [0.717, 1.165) is 33.5 Å². The van der Waals surface area contributed by atoms with E-state index in [1.165, 1.54) is 5.56 Å². The van der Waals surface area contributed by atoms with Crippen LogP contribution in [0.2, 0.25) is 0 Å². The van der Waals surface area contributed by atoms with Gasteiger partial charge in [0, 0.05) is 23.1 Å². The number of aromatic amines is 1. The summed E-state index contributed by atoms with van der Waals surface area (Å²) < 4.78 is 34.8. The van der Waals surface area contributed by atoms with Gasteiger partial charge in [0.15, 0.2) is 0 Å². The molecule has 3 aromatic carbocycles. The van der Waals surface area contributed by atoms with Crippen molar-refractivity contribution in [2.45, 2.75) is 31.2 Å². The SMILES string of the molecule is CCOc1ccc(C2c3[nH]c4ccccc4c3CCN2S(=O)(=O)c2ccc(C)cc2)cc1. The summed E-state index contributed by atoms with van der Waals surface area (Å²) in [5.74, 6) is 0.775. The maximum Gasteiger partial charge on any atom is 0.244 e. The lowest BCUT2D eigenvalue weighted by Crippen LogP contribution is -2.40. The number of nitrogens with one attached hydrogen (secondary N) is 1. The maximum atomic E-state index is 13.8. The van der Waals surface area contributed by atoms with Crippen LogP contribution in [0.25, 0.3) is 10.9 Å². The first kappa shape index (κ1) is 20.8. The predicted molar refractivity (Wildman–Crippen MR) is 127 cm³/mol. The topological polar surface area (TPSA) is 62.4 Å². The molecule has 0 aliphatic carbocycles. The first-order valence-electron chi connectivity index (χ1n) is 10.9. The first-order chi connectivity index (χ1) is 15.5. The quantitative estimate of drug-likeness (QED) is 0.458. The Balaban J connectivity index is 1.66. The molecule has 1 aliphatic rings. The molecule has 0 fully saturated rings. The van der Waals surface area contributed by atoms with E-state index in [-0.39, 0.29) is 0 Å². The minimum atomic E-state index is -3.69. The number of hydrogen-bond acceptors (Lipinski definition) is 3. The van der Waals surface area contributed by atoms with Gasteiger partial charge in [0.25, 0.3) is 0 Å². The van der Waals surface area contributed by atoms with Crippen molar-refractivity contribution in [2.24, 2.45) is 0 Å². The van der Waals surface area contributed by atoms with Crippen LogP contribution in [0.15, 0.2) is 77.7 Å². The number of ether oxygens (including phenoxy) is 1. The van der Waals surface area contributed by atoms with Gasteiger partial charge in [0.05, 0.1) is 17.5 Å². The van der Waals surface area contributed by atoms with Gasteiger partial charge in [-0.3, -0.25) is 0 Å². The number of hydrogen-bond donors (Lipinski definition) is 1. The van der Waals surface area contributed by atoms with E-state index in [4.69, 9.17) is 4.74 Å². The van der Waals surface area contributed by atoms with Crippen LogP contribution in [0.1, 0.15) is 35.3 Å². The van der Waals surface area contributed by atoms with Gasteiger partial charge in [-0.1, -0.05) is 48.0 Å². The van der Waals surface area contributed by atoms with E-state index < -0.39 is 16.1 Å². The molecule has 1 aromatic heterocycles. The van der Waals surface area contributed by atoms with Crippen LogP contribution >= 0.6 is 0 Å². The highest BCUT2D eigenvalue weighted by atomic mass is 32.2. The van der Waals surface area contributed by atoms with E-state index >= 15 is 0 Å². The zero-order valence-electron chi connectivity index (χ0n) is 18.2. The van der Waals surface area contributed by atoms with E-state index in [0.29, 0.717) is 24.5 Å². The molecule has 4 aromatic rings. The van der Waals surface area contributed by atoms with Crippen molar-refractivity contribution in [3.63, 3.8) is 0 Å². The molecule has 164 valence electrons. The van der Waals surface area contributed by atoms with Gasteiger partial charge in [-0.25, -0.2) is 8.42 Å². The number of aromatic nitrogens is 1. The van der Waals surface area contributed by atoms with Crippen molar-refractivity contribution in [3.05, 3.63) is 95.2 Å². The third kappa shape index (κ3) is 3.49. The van der Waals surface area contributed by atoms with Crippen molar-refractivity contribution < 1.29 is 13.2 Å². The highest BCUT2D eigenvalue weighted by molar-refractivity contribution is 7.89. The zero-order valence-corrected chi connectivity index (χ0v) is 19.0. The summed E-state index contributed by atoms with van der Waals surface area (Å²) in [4.78, 5) is 3.85. The summed E-state index contributed by atoms with van der Waals surface area (Å²) in [6.45, 7) is 4.91. The monoisotopic (exact) mass is 446 g/mol. The van der Waals surface area contributed by atoms with Gasteiger partial charge in [0.1, 0.15) is 5.75 Å². The number of sulfonamides is 1. The minimum Gasteiger partial charge on any atom is -0.494 e. The third-order valence-corrected chi connectivity index (χ3v) is 8.00. The second kappa shape index (κ2) is 8.11. The Morgan fingerprint density at radius 3 is 2.44 bits per heavy atom. The van der Waals surface area contributed by atoms with Crippen LogP contribution in [-0.4, -0.2) is 30.9 Å². The van der Waals surface area contributed by atoms with Crippen LogP contribution in [0.3, 0.4) is 0 Å². The average Bonchev–Trinajstić information content (AvgIpc) is 3.18. The fourth-order valence-corrected chi connectivity index (χ4v) is 6.16. The number of benzene rings is 3. The molecule has 1 N–H and O–H groups in total. The Kier molecular flexibility index (Phi) is 5.27. The Morgan fingerprint density at radius 1 is 1.00 bits per heavy atom. The number of rotatable bonds is 5. The molecule has 0 bridgehead atoms. The maximum absolute atomic E-state index is 13.8. The molecule has 0 radical (unpaired) electrons. The summed E-state index contributed by atoms with van der Waals surface area (Å²) in [6, 6.07) is 22.6. The van der Waals surface area contributed by atoms with Gasteiger partial charge in [0.2, 0.25) is 10.0 Å². The highest BCUT2D eigenvalue weighted by Gasteiger charge is 2.39. The van der Waals surface area contributed by atoms with Crippen molar-refractivity contribution in [1.82, 2.24) is 9.29 Å². The highest BCUT2D eigenvalue weighted by Crippen LogP contribution is 2.41. The van der Waals surface area contributed by atoms with Crippen molar-refractivity contribution in [2.75, 3.05) is 13.2 Å². The number of H-pyrrole nitrogens is 1. The number of aryl methyl sites for hydroxylation is 1. The summed E-state index contributed by atoms with van der Waals surface area (Å²) in [5.41, 5.74) is 5.11. The molecular formula is C26H26N2O3S. The predicted octanol–water partition coefficient (Wildman–Crippen LogP) is 5.21. The minimum absolute atomic E-state index is 0.318. The molecular weight excluding hydrogens is 420 g/mol. The molecule has 2 heterocycles. The second-order valence-corrected chi connectivity index (χ2v) is 10.0. The molecule has 5 rings (SSSR count). The third-order valence-electron chi connectivity index (χ3n) is 6.12. The van der Waals surface area contributed by atoms with Crippen LogP contribution in [-0.2, 0) is 16.4 Å². The lowest BCUT2D eigenvalue weighted by Gasteiger charge is -2.35. The van der Waals surface area contributed by atoms with Gasteiger partial charge in [-0.05, 0) is 61.7 Å². The molecule has 5 nitrogen and oxygen atoms in total. The lowest BCUT2D eigenvalue weighted by molar-refractivity contribution is 0.335. The number of nitrogens with zero attached hydrogens (tertiary/aromatic N) is 1. The fourth-order valence-electron chi connectivity index (χ4n) is 4.57. The summed E-state index contributed by atoms with van der Waals surface area (Å²) in [7, 11) is -3.69. The molecule has 1 aliphatic heterocycles. The Labute approximate surface area is 188 Å². The van der Waals surface area contributed by atoms with Crippen molar-refractivity contribution in [1.29, 1.82) is 0 Å². The van der Waals surface area contributed by atoms with Crippen molar-refractivity contribution >= 4 is 20.9 Å². The Bertz CT molecular complexity index is 1360. The van der Waals surface area contributed by atoms with Crippen molar-refractivity contribution in [3.8, 4) is 5.75 Å². The standard InChI is InChI=1S/C26H26N2O3S/c1-3-31-20-12-10-19(11-13-20)26-25-23(22-6-4-5-7-24(22)27-25)16-17-28(26)32(29,30)21-14-8-18(2)9-15-21/h4-15,26-27H,3,16-17H2,1-2H3. The molecule has 0 spiro atoms. The summed E-state index contributed by atoms with van der Waals surface area (Å²) in [6.07, 6.45) is 0.665. The molecule has 1 atom stereocenters. The molecule has 1 unspecified atom stereocenters. The Hall–Kier alpha value is -3.09. The molecule has 6 heteroatoms. The second-order valence-electron chi connectivity index (χ2n) is 8.15. The fraction of sp³-hybridized carbons (Fsp3) is 0.231. The van der Waals surface area contributed by atoms with Gasteiger partial charge in [-0.15, -0.1) is 0 Å². The molecule has 32 heavy (non-hydrogen) atoms. The average molecular weight is 447 g/mol. The normalized spacial score (nSPS) is 16.8. The van der Waals surface area contributed by atoms with Crippen LogP contribution in [0, 0.1) is 6.92 Å². The van der Waals surface area contributed by atoms with Crippen LogP contribution in [0.5, 0.6) is 5.75 Å². The van der Waals surface area contributed by atoms with E-state index in [1.54, 1.807) is 16.4 Å². The first-order valence-corrected chi connectivity index (χ1v) is 12.3. The van der Waals surface area contributed by atoms with E-state index in [2.05, 4.69) is 11.1 Å². The number of para-hydroxylation sites is 1. The van der Waals surface area contributed by atoms with E-state index in [9.17, 15) is 8.42 Å². The zero-order chi connectivity index (χ0) is 22.3. The molecule has 0 saturated carbocycles.